The van der Waals surface area contributed by atoms with E-state index in [1.54, 1.807) is 24.0 Å². The molecule has 0 saturated carbocycles. The molecule has 0 atom stereocenters. The number of nitrogens with zero attached hydrogens (tertiary/aromatic N) is 4. The van der Waals surface area contributed by atoms with E-state index in [-0.39, 0.29) is 11.8 Å². The van der Waals surface area contributed by atoms with Crippen LogP contribution in [0.5, 0.6) is 11.5 Å². The summed E-state index contributed by atoms with van der Waals surface area (Å²) in [6.45, 7) is 1.03. The van der Waals surface area contributed by atoms with Gasteiger partial charge in [0, 0.05) is 13.1 Å². The van der Waals surface area contributed by atoms with Gasteiger partial charge in [0.05, 0.1) is 25.3 Å². The molecule has 8 heteroatoms. The van der Waals surface area contributed by atoms with Crippen LogP contribution in [0.25, 0.3) is 12.2 Å². The van der Waals surface area contributed by atoms with Crippen molar-refractivity contribution in [2.24, 2.45) is 9.98 Å². The molecule has 0 fully saturated rings. The van der Waals surface area contributed by atoms with Crippen LogP contribution in [0, 0.1) is 0 Å². The zero-order chi connectivity index (χ0) is 33.3. The van der Waals surface area contributed by atoms with Gasteiger partial charge in [0.2, 0.25) is 0 Å². The molecule has 4 aromatic rings. The van der Waals surface area contributed by atoms with Crippen molar-refractivity contribution in [1.82, 2.24) is 9.80 Å². The molecule has 0 saturated heterocycles. The molecule has 8 nitrogen and oxygen atoms in total. The maximum Gasteiger partial charge on any atom is 0.278 e. The van der Waals surface area contributed by atoms with Crippen molar-refractivity contribution in [2.45, 2.75) is 25.7 Å². The molecule has 0 aliphatic carbocycles. The highest BCUT2D eigenvalue weighted by molar-refractivity contribution is 6.21. The van der Waals surface area contributed by atoms with E-state index >= 15 is 0 Å². The monoisotopic (exact) mass is 638 g/mol. The molecule has 0 N–H and O–H groups in total. The summed E-state index contributed by atoms with van der Waals surface area (Å²) in [6, 6.07) is 34.7. The summed E-state index contributed by atoms with van der Waals surface area (Å²) in [5.41, 5.74) is 4.19. The molecular formula is C40H38N4O4. The lowest BCUT2D eigenvalue weighted by Crippen LogP contribution is -2.34. The molecule has 0 unspecified atom stereocenters. The maximum absolute atomic E-state index is 13.6. The standard InChI is InChI=1S/C40H38N4O4/c1-47-35-23-13-11-21-31(35)37-41-33(27-29-17-7-5-8-18-29)39(45)43(37)25-15-3-4-16-26-44-38(32-22-12-14-24-36(32)48-2)42-34(40(44)46)28-30-19-9-6-10-20-30/h5-14,17-24,27-28H,3-4,15-16,25-26H2,1-2H3/b33-27-,34-28+. The molecule has 2 aliphatic heterocycles. The predicted octanol–water partition coefficient (Wildman–Crippen LogP) is 7.22. The lowest BCUT2D eigenvalue weighted by Gasteiger charge is -2.21. The first-order valence-electron chi connectivity index (χ1n) is 16.2. The third kappa shape index (κ3) is 7.13. The number of methoxy groups -OCH3 is 2. The van der Waals surface area contributed by atoms with Crippen molar-refractivity contribution in [2.75, 3.05) is 27.3 Å². The number of hydrogen-bond acceptors (Lipinski definition) is 6. The molecule has 2 aliphatic rings. The van der Waals surface area contributed by atoms with E-state index in [0.717, 1.165) is 47.9 Å². The first kappa shape index (κ1) is 32.2. The van der Waals surface area contributed by atoms with Crippen molar-refractivity contribution in [3.8, 4) is 11.5 Å². The molecule has 2 amide bonds. The van der Waals surface area contributed by atoms with Crippen LogP contribution in [-0.2, 0) is 9.59 Å². The van der Waals surface area contributed by atoms with Gasteiger partial charge in [0.1, 0.15) is 34.6 Å². The van der Waals surface area contributed by atoms with Crippen LogP contribution < -0.4 is 9.47 Å². The van der Waals surface area contributed by atoms with Crippen molar-refractivity contribution in [3.63, 3.8) is 0 Å². The molecule has 0 radical (unpaired) electrons. The number of carbonyl (C=O) groups excluding carboxylic acids is 2. The number of amides is 2. The van der Waals surface area contributed by atoms with Crippen LogP contribution in [-0.4, -0.2) is 60.6 Å². The molecule has 4 aromatic carbocycles. The molecule has 0 spiro atoms. The Bertz CT molecular complexity index is 1760. The van der Waals surface area contributed by atoms with Crippen molar-refractivity contribution >= 4 is 35.6 Å². The van der Waals surface area contributed by atoms with Gasteiger partial charge >= 0.3 is 0 Å². The van der Waals surface area contributed by atoms with Crippen LogP contribution in [0.15, 0.2) is 131 Å². The van der Waals surface area contributed by atoms with E-state index in [0.29, 0.717) is 47.7 Å². The number of rotatable bonds is 13. The second-order valence-electron chi connectivity index (χ2n) is 11.5. The third-order valence-corrected chi connectivity index (χ3v) is 8.31. The van der Waals surface area contributed by atoms with Gasteiger partial charge in [-0.25, -0.2) is 9.98 Å². The molecule has 0 aromatic heterocycles. The van der Waals surface area contributed by atoms with E-state index in [9.17, 15) is 9.59 Å². The van der Waals surface area contributed by atoms with Gasteiger partial charge < -0.3 is 9.47 Å². The number of amidine groups is 2. The Hall–Kier alpha value is -5.76. The van der Waals surface area contributed by atoms with E-state index in [1.165, 1.54) is 0 Å². The maximum atomic E-state index is 13.6. The first-order chi connectivity index (χ1) is 23.6. The molecule has 6 rings (SSSR count). The number of aliphatic imine (C=N–C) groups is 2. The summed E-state index contributed by atoms with van der Waals surface area (Å²) in [5.74, 6) is 2.27. The molecular weight excluding hydrogens is 600 g/mol. The summed E-state index contributed by atoms with van der Waals surface area (Å²) in [5, 5.41) is 0. The van der Waals surface area contributed by atoms with Gasteiger partial charge in [-0.15, -0.1) is 0 Å². The fourth-order valence-corrected chi connectivity index (χ4v) is 5.89. The second kappa shape index (κ2) is 15.2. The fraction of sp³-hybridized carbons (Fsp3) is 0.200. The summed E-state index contributed by atoms with van der Waals surface area (Å²) >= 11 is 0. The number of hydrogen-bond donors (Lipinski definition) is 0. The lowest BCUT2D eigenvalue weighted by molar-refractivity contribution is -0.123. The largest absolute Gasteiger partial charge is 0.496 e. The number of para-hydroxylation sites is 2. The van der Waals surface area contributed by atoms with Gasteiger partial charge in [-0.3, -0.25) is 19.4 Å². The van der Waals surface area contributed by atoms with Crippen LogP contribution in [0.2, 0.25) is 0 Å². The highest BCUT2D eigenvalue weighted by atomic mass is 16.5. The quantitative estimate of drug-likeness (QED) is 0.114. The van der Waals surface area contributed by atoms with Gasteiger partial charge in [-0.1, -0.05) is 97.8 Å². The molecule has 2 heterocycles. The minimum atomic E-state index is -0.127. The smallest absolute Gasteiger partial charge is 0.278 e. The number of unbranched alkanes of at least 4 members (excludes halogenated alkanes) is 3. The average Bonchev–Trinajstić information content (AvgIpc) is 3.61. The summed E-state index contributed by atoms with van der Waals surface area (Å²) < 4.78 is 11.2. The SMILES string of the molecule is COc1ccccc1C1=N/C(=C\c2ccccc2)C(=O)N1CCCCCCN1C(=O)/C(=C\c2ccccc2)N=C1c1ccccc1OC. The summed E-state index contributed by atoms with van der Waals surface area (Å²) in [4.78, 5) is 40.4. The minimum absolute atomic E-state index is 0.127. The Morgan fingerprint density at radius 1 is 0.521 bits per heavy atom. The topological polar surface area (TPSA) is 83.8 Å². The Balaban J connectivity index is 1.12. The van der Waals surface area contributed by atoms with E-state index in [1.807, 2.05) is 121 Å². The van der Waals surface area contributed by atoms with Crippen LogP contribution in [0.3, 0.4) is 0 Å². The predicted molar refractivity (Wildman–Crippen MR) is 190 cm³/mol. The van der Waals surface area contributed by atoms with Gasteiger partial charge in [-0.2, -0.15) is 0 Å². The van der Waals surface area contributed by atoms with Gasteiger partial charge in [0.25, 0.3) is 11.8 Å². The highest BCUT2D eigenvalue weighted by Crippen LogP contribution is 2.29. The molecule has 48 heavy (non-hydrogen) atoms. The fourth-order valence-electron chi connectivity index (χ4n) is 5.89. The number of carbonyl (C=O) groups is 2. The van der Waals surface area contributed by atoms with E-state index in [4.69, 9.17) is 19.5 Å². The Labute approximate surface area is 281 Å². The Kier molecular flexibility index (Phi) is 10.2. The third-order valence-electron chi connectivity index (χ3n) is 8.31. The zero-order valence-electron chi connectivity index (χ0n) is 27.2. The zero-order valence-corrected chi connectivity index (χ0v) is 27.2. The first-order valence-corrected chi connectivity index (χ1v) is 16.2. The molecule has 242 valence electrons. The van der Waals surface area contributed by atoms with E-state index in [2.05, 4.69) is 0 Å². The summed E-state index contributed by atoms with van der Waals surface area (Å²) in [7, 11) is 3.24. The van der Waals surface area contributed by atoms with Crippen molar-refractivity contribution in [3.05, 3.63) is 143 Å². The highest BCUT2D eigenvalue weighted by Gasteiger charge is 2.33. The second-order valence-corrected chi connectivity index (χ2v) is 11.5. The van der Waals surface area contributed by atoms with Gasteiger partial charge in [-0.05, 0) is 60.4 Å². The normalized spacial score (nSPS) is 16.1. The average molecular weight is 639 g/mol. The Morgan fingerprint density at radius 3 is 1.29 bits per heavy atom. The lowest BCUT2D eigenvalue weighted by atomic mass is 10.1. The Morgan fingerprint density at radius 2 is 0.896 bits per heavy atom. The number of benzene rings is 4. The minimum Gasteiger partial charge on any atom is -0.496 e. The summed E-state index contributed by atoms with van der Waals surface area (Å²) in [6.07, 6.45) is 6.95. The molecule has 0 bridgehead atoms. The van der Waals surface area contributed by atoms with Crippen molar-refractivity contribution in [1.29, 1.82) is 0 Å². The van der Waals surface area contributed by atoms with Crippen molar-refractivity contribution < 1.29 is 19.1 Å². The van der Waals surface area contributed by atoms with Crippen LogP contribution in [0.4, 0.5) is 0 Å². The van der Waals surface area contributed by atoms with E-state index < -0.39 is 0 Å². The van der Waals surface area contributed by atoms with Crippen LogP contribution >= 0.6 is 0 Å². The number of ether oxygens (including phenoxy) is 2. The van der Waals surface area contributed by atoms with Crippen LogP contribution in [0.1, 0.15) is 47.9 Å². The van der Waals surface area contributed by atoms with Gasteiger partial charge in [0.15, 0.2) is 0 Å².